The van der Waals surface area contributed by atoms with Gasteiger partial charge in [0.05, 0.1) is 10.5 Å². The molecule has 0 spiro atoms. The highest BCUT2D eigenvalue weighted by Crippen LogP contribution is 2.26. The van der Waals surface area contributed by atoms with Crippen molar-refractivity contribution in [2.24, 2.45) is 0 Å². The van der Waals surface area contributed by atoms with Crippen LogP contribution >= 0.6 is 0 Å². The maximum Gasteiger partial charge on any atom is 0.335 e. The number of carbonyl (C=O) groups is 1. The van der Waals surface area contributed by atoms with Crippen LogP contribution in [0, 0.1) is 6.92 Å². The van der Waals surface area contributed by atoms with Crippen molar-refractivity contribution in [2.75, 3.05) is 0 Å². The van der Waals surface area contributed by atoms with Crippen molar-refractivity contribution in [1.82, 2.24) is 4.72 Å². The van der Waals surface area contributed by atoms with Gasteiger partial charge in [0.25, 0.3) is 0 Å². The summed E-state index contributed by atoms with van der Waals surface area (Å²) in [5, 5.41) is 8.91. The van der Waals surface area contributed by atoms with Crippen LogP contribution in [0.5, 0.6) is 11.5 Å². The number of aromatic carboxylic acids is 1. The zero-order valence-corrected chi connectivity index (χ0v) is 15.9. The van der Waals surface area contributed by atoms with E-state index in [1.165, 1.54) is 24.3 Å². The predicted octanol–water partition coefficient (Wildman–Crippen LogP) is 3.96. The van der Waals surface area contributed by atoms with Crippen LogP contribution in [0.15, 0.2) is 77.7 Å². The molecule has 0 aliphatic carbocycles. The zero-order chi connectivity index (χ0) is 20.1. The highest BCUT2D eigenvalue weighted by molar-refractivity contribution is 7.89. The lowest BCUT2D eigenvalue weighted by Gasteiger charge is -2.11. The minimum Gasteiger partial charge on any atom is -0.478 e. The third kappa shape index (κ3) is 4.76. The minimum atomic E-state index is -3.76. The highest BCUT2D eigenvalue weighted by atomic mass is 32.2. The number of para-hydroxylation sites is 1. The van der Waals surface area contributed by atoms with E-state index in [0.717, 1.165) is 5.56 Å². The Balaban J connectivity index is 1.73. The number of benzene rings is 3. The van der Waals surface area contributed by atoms with Gasteiger partial charge in [0.1, 0.15) is 11.5 Å². The standard InChI is InChI=1S/C21H19NO5S/c1-15-5-2-3-8-20(15)27-18-6-4-7-19(13-18)28(25,26)22-14-16-9-11-17(12-10-16)21(23)24/h2-13,22H,14H2,1H3,(H,23,24). The molecular formula is C21H19NO5S. The fraction of sp³-hybridized carbons (Fsp3) is 0.0952. The number of sulfonamides is 1. The lowest BCUT2D eigenvalue weighted by atomic mass is 10.1. The van der Waals surface area contributed by atoms with Crippen LogP contribution in [0.3, 0.4) is 0 Å². The Hall–Kier alpha value is -3.16. The van der Waals surface area contributed by atoms with E-state index in [-0.39, 0.29) is 17.0 Å². The maximum absolute atomic E-state index is 12.6. The van der Waals surface area contributed by atoms with E-state index in [0.29, 0.717) is 17.1 Å². The summed E-state index contributed by atoms with van der Waals surface area (Å²) >= 11 is 0. The van der Waals surface area contributed by atoms with Gasteiger partial charge in [-0.15, -0.1) is 0 Å². The Bertz CT molecular complexity index is 1090. The summed E-state index contributed by atoms with van der Waals surface area (Å²) in [4.78, 5) is 11.0. The van der Waals surface area contributed by atoms with Crippen LogP contribution in [0.1, 0.15) is 21.5 Å². The topological polar surface area (TPSA) is 92.7 Å². The average Bonchev–Trinajstić information content (AvgIpc) is 2.69. The molecule has 28 heavy (non-hydrogen) atoms. The molecule has 0 aromatic heterocycles. The molecule has 3 aromatic carbocycles. The van der Waals surface area contributed by atoms with Crippen LogP contribution in [0.2, 0.25) is 0 Å². The third-order valence-corrected chi connectivity index (χ3v) is 5.50. The molecule has 6 nitrogen and oxygen atoms in total. The van der Waals surface area contributed by atoms with Crippen LogP contribution in [-0.2, 0) is 16.6 Å². The Morgan fingerprint density at radius 3 is 2.39 bits per heavy atom. The second-order valence-electron chi connectivity index (χ2n) is 6.17. The average molecular weight is 397 g/mol. The molecule has 144 valence electrons. The molecule has 0 amide bonds. The van der Waals surface area contributed by atoms with Crippen LogP contribution in [-0.4, -0.2) is 19.5 Å². The molecule has 3 aromatic rings. The third-order valence-electron chi connectivity index (χ3n) is 4.10. The van der Waals surface area contributed by atoms with E-state index in [4.69, 9.17) is 9.84 Å². The molecule has 0 atom stereocenters. The van der Waals surface area contributed by atoms with Crippen molar-refractivity contribution >= 4 is 16.0 Å². The first-order valence-corrected chi connectivity index (χ1v) is 9.99. The fourth-order valence-electron chi connectivity index (χ4n) is 2.53. The highest BCUT2D eigenvalue weighted by Gasteiger charge is 2.15. The van der Waals surface area contributed by atoms with Crippen molar-refractivity contribution < 1.29 is 23.1 Å². The number of carboxylic acids is 1. The first-order chi connectivity index (χ1) is 13.3. The Labute approximate surface area is 163 Å². The van der Waals surface area contributed by atoms with Crippen LogP contribution in [0.25, 0.3) is 0 Å². The van der Waals surface area contributed by atoms with Crippen molar-refractivity contribution in [3.63, 3.8) is 0 Å². The summed E-state index contributed by atoms with van der Waals surface area (Å²) in [7, 11) is -3.76. The number of rotatable bonds is 7. The van der Waals surface area contributed by atoms with Gasteiger partial charge in [0, 0.05) is 12.6 Å². The number of hydrogen-bond acceptors (Lipinski definition) is 4. The summed E-state index contributed by atoms with van der Waals surface area (Å²) in [6, 6.07) is 19.7. The molecule has 7 heteroatoms. The van der Waals surface area contributed by atoms with Gasteiger partial charge in [-0.2, -0.15) is 0 Å². The molecule has 0 saturated heterocycles. The Kier molecular flexibility index (Phi) is 5.77. The molecule has 0 aliphatic heterocycles. The van der Waals surface area contributed by atoms with E-state index in [9.17, 15) is 13.2 Å². The summed E-state index contributed by atoms with van der Waals surface area (Å²) in [6.45, 7) is 1.96. The minimum absolute atomic E-state index is 0.0467. The van der Waals surface area contributed by atoms with Gasteiger partial charge in [0.2, 0.25) is 10.0 Å². The summed E-state index contributed by atoms with van der Waals surface area (Å²) in [5.74, 6) is 0.0455. The van der Waals surface area contributed by atoms with Gasteiger partial charge in [-0.25, -0.2) is 17.9 Å². The molecule has 0 saturated carbocycles. The molecule has 0 aliphatic rings. The number of carboxylic acid groups (broad SMARTS) is 1. The normalized spacial score (nSPS) is 11.2. The second-order valence-corrected chi connectivity index (χ2v) is 7.94. The molecule has 0 fully saturated rings. The number of hydrogen-bond donors (Lipinski definition) is 2. The van der Waals surface area contributed by atoms with E-state index in [1.807, 2.05) is 31.2 Å². The predicted molar refractivity (Wildman–Crippen MR) is 105 cm³/mol. The Morgan fingerprint density at radius 1 is 1.00 bits per heavy atom. The van der Waals surface area contributed by atoms with Crippen molar-refractivity contribution in [1.29, 1.82) is 0 Å². The largest absolute Gasteiger partial charge is 0.478 e. The van der Waals surface area contributed by atoms with Gasteiger partial charge >= 0.3 is 5.97 Å². The molecule has 0 heterocycles. The first kappa shape index (κ1) is 19.6. The zero-order valence-electron chi connectivity index (χ0n) is 15.1. The SMILES string of the molecule is Cc1ccccc1Oc1cccc(S(=O)(=O)NCc2ccc(C(=O)O)cc2)c1. The Morgan fingerprint density at radius 2 is 1.71 bits per heavy atom. The number of aryl methyl sites for hydroxylation is 1. The van der Waals surface area contributed by atoms with E-state index in [2.05, 4.69) is 4.72 Å². The number of ether oxygens (including phenoxy) is 1. The van der Waals surface area contributed by atoms with Crippen LogP contribution in [0.4, 0.5) is 0 Å². The lowest BCUT2D eigenvalue weighted by molar-refractivity contribution is 0.0697. The molecule has 3 rings (SSSR count). The van der Waals surface area contributed by atoms with E-state index in [1.54, 1.807) is 24.3 Å². The second kappa shape index (κ2) is 8.24. The summed E-state index contributed by atoms with van der Waals surface area (Å²) < 4.78 is 33.5. The van der Waals surface area contributed by atoms with Gasteiger partial charge in [0.15, 0.2) is 0 Å². The maximum atomic E-state index is 12.6. The first-order valence-electron chi connectivity index (χ1n) is 8.50. The van der Waals surface area contributed by atoms with E-state index < -0.39 is 16.0 Å². The molecule has 0 bridgehead atoms. The monoisotopic (exact) mass is 397 g/mol. The quantitative estimate of drug-likeness (QED) is 0.629. The van der Waals surface area contributed by atoms with Crippen LogP contribution < -0.4 is 9.46 Å². The molecular weight excluding hydrogens is 378 g/mol. The number of nitrogens with one attached hydrogen (secondary N) is 1. The van der Waals surface area contributed by atoms with Gasteiger partial charge < -0.3 is 9.84 Å². The van der Waals surface area contributed by atoms with Crippen molar-refractivity contribution in [3.8, 4) is 11.5 Å². The van der Waals surface area contributed by atoms with Gasteiger partial charge in [-0.3, -0.25) is 0 Å². The lowest BCUT2D eigenvalue weighted by Crippen LogP contribution is -2.23. The van der Waals surface area contributed by atoms with E-state index >= 15 is 0 Å². The molecule has 2 N–H and O–H groups in total. The fourth-order valence-corrected chi connectivity index (χ4v) is 3.58. The summed E-state index contributed by atoms with van der Waals surface area (Å²) in [6.07, 6.45) is 0. The smallest absolute Gasteiger partial charge is 0.335 e. The molecule has 0 unspecified atom stereocenters. The molecule has 0 radical (unpaired) electrons. The summed E-state index contributed by atoms with van der Waals surface area (Å²) in [5.41, 5.74) is 1.74. The van der Waals surface area contributed by atoms with Crippen molar-refractivity contribution in [3.05, 3.63) is 89.5 Å². The van der Waals surface area contributed by atoms with Gasteiger partial charge in [-0.1, -0.05) is 36.4 Å². The van der Waals surface area contributed by atoms with Gasteiger partial charge in [-0.05, 0) is 48.4 Å². The van der Waals surface area contributed by atoms with Crippen molar-refractivity contribution in [2.45, 2.75) is 18.4 Å².